The van der Waals surface area contributed by atoms with E-state index >= 15 is 0 Å². The zero-order valence-corrected chi connectivity index (χ0v) is 16.2. The van der Waals surface area contributed by atoms with Crippen molar-refractivity contribution in [1.29, 1.82) is 0 Å². The lowest BCUT2D eigenvalue weighted by Crippen LogP contribution is -2.56. The van der Waals surface area contributed by atoms with Crippen molar-refractivity contribution < 1.29 is 9.53 Å². The summed E-state index contributed by atoms with van der Waals surface area (Å²) in [4.78, 5) is 15.5. The molecule has 0 radical (unpaired) electrons. The Morgan fingerprint density at radius 3 is 2.48 bits per heavy atom. The zero-order valence-electron chi connectivity index (χ0n) is 14.6. The number of ether oxygens (including phenoxy) is 1. The molecule has 1 aliphatic rings. The Morgan fingerprint density at radius 1 is 1.20 bits per heavy atom. The van der Waals surface area contributed by atoms with E-state index in [-0.39, 0.29) is 24.4 Å². The summed E-state index contributed by atoms with van der Waals surface area (Å²) in [6.45, 7) is 5.68. The summed E-state index contributed by atoms with van der Waals surface area (Å²) >= 11 is 1.72. The number of carbonyl (C=O) groups is 1. The van der Waals surface area contributed by atoms with Gasteiger partial charge in [-0.15, -0.1) is 23.7 Å². The monoisotopic (exact) mass is 380 g/mol. The molecule has 136 valence electrons. The number of aryl methyl sites for hydroxylation is 1. The van der Waals surface area contributed by atoms with Gasteiger partial charge in [-0.2, -0.15) is 0 Å². The summed E-state index contributed by atoms with van der Waals surface area (Å²) < 4.78 is 6.20. The number of nitrogens with one attached hydrogen (secondary N) is 2. The molecule has 1 atom stereocenters. The molecule has 0 saturated carbocycles. The van der Waals surface area contributed by atoms with Gasteiger partial charge in [-0.25, -0.2) is 0 Å². The second-order valence-corrected chi connectivity index (χ2v) is 7.62. The van der Waals surface area contributed by atoms with Crippen LogP contribution in [0.2, 0.25) is 0 Å². The smallest absolute Gasteiger partial charge is 0.264 e. The van der Waals surface area contributed by atoms with Crippen molar-refractivity contribution in [2.75, 3.05) is 13.1 Å². The van der Waals surface area contributed by atoms with E-state index in [9.17, 15) is 4.79 Å². The highest BCUT2D eigenvalue weighted by molar-refractivity contribution is 7.12. The third-order valence-electron chi connectivity index (χ3n) is 4.42. The van der Waals surface area contributed by atoms with Crippen LogP contribution in [0.3, 0.4) is 0 Å². The third-order valence-corrected chi connectivity index (χ3v) is 5.60. The molecule has 1 aromatic carbocycles. The average molecular weight is 381 g/mol. The lowest BCUT2D eigenvalue weighted by atomic mass is 9.90. The lowest BCUT2D eigenvalue weighted by Gasteiger charge is -2.37. The number of rotatable bonds is 5. The molecule has 0 aliphatic carbocycles. The van der Waals surface area contributed by atoms with Crippen LogP contribution in [0.15, 0.2) is 42.5 Å². The summed E-state index contributed by atoms with van der Waals surface area (Å²) in [5, 5.41) is 6.47. The number of para-hydroxylation sites is 1. The molecule has 25 heavy (non-hydrogen) atoms. The number of hydrogen-bond acceptors (Lipinski definition) is 4. The second-order valence-electron chi connectivity index (χ2n) is 6.30. The van der Waals surface area contributed by atoms with Crippen molar-refractivity contribution in [2.24, 2.45) is 0 Å². The Labute approximate surface area is 159 Å². The maximum absolute atomic E-state index is 13.1. The van der Waals surface area contributed by atoms with Gasteiger partial charge in [0.25, 0.3) is 5.91 Å². The van der Waals surface area contributed by atoms with Gasteiger partial charge >= 0.3 is 0 Å². The zero-order chi connectivity index (χ0) is 17.0. The minimum Gasteiger partial charge on any atom is -0.477 e. The van der Waals surface area contributed by atoms with Crippen LogP contribution in [0.1, 0.15) is 35.6 Å². The summed E-state index contributed by atoms with van der Waals surface area (Å²) in [7, 11) is 0. The SMILES string of the molecule is Cc1ccc(C(C)NC(=O)C2(Oc3ccccc3)CCNCC2)s1.Cl. The Balaban J connectivity index is 0.00000225. The first-order chi connectivity index (χ1) is 11.6. The Bertz CT molecular complexity index is 684. The molecular formula is C19H25ClN2O2S. The van der Waals surface area contributed by atoms with Crippen molar-refractivity contribution in [3.63, 3.8) is 0 Å². The van der Waals surface area contributed by atoms with Crippen LogP contribution in [-0.4, -0.2) is 24.6 Å². The fourth-order valence-electron chi connectivity index (χ4n) is 3.01. The normalized spacial score (nSPS) is 17.2. The lowest BCUT2D eigenvalue weighted by molar-refractivity contribution is -0.140. The van der Waals surface area contributed by atoms with Crippen LogP contribution in [-0.2, 0) is 4.79 Å². The van der Waals surface area contributed by atoms with E-state index in [0.717, 1.165) is 18.8 Å². The van der Waals surface area contributed by atoms with Gasteiger partial charge in [0.2, 0.25) is 0 Å². The van der Waals surface area contributed by atoms with Crippen LogP contribution in [0.4, 0.5) is 0 Å². The molecule has 3 rings (SSSR count). The molecule has 0 bridgehead atoms. The first kappa shape index (κ1) is 19.8. The predicted octanol–water partition coefficient (Wildman–Crippen LogP) is 3.86. The molecule has 1 aromatic heterocycles. The molecule has 2 N–H and O–H groups in total. The summed E-state index contributed by atoms with van der Waals surface area (Å²) in [5.41, 5.74) is -0.798. The first-order valence-electron chi connectivity index (χ1n) is 8.41. The quantitative estimate of drug-likeness (QED) is 0.828. The fraction of sp³-hybridized carbons (Fsp3) is 0.421. The number of carbonyl (C=O) groups excluding carboxylic acids is 1. The molecule has 1 aliphatic heterocycles. The van der Waals surface area contributed by atoms with Crippen molar-refractivity contribution in [2.45, 2.75) is 38.3 Å². The highest BCUT2D eigenvalue weighted by atomic mass is 35.5. The van der Waals surface area contributed by atoms with Crippen molar-refractivity contribution in [1.82, 2.24) is 10.6 Å². The van der Waals surface area contributed by atoms with E-state index in [1.54, 1.807) is 11.3 Å². The van der Waals surface area contributed by atoms with Gasteiger partial charge < -0.3 is 15.4 Å². The van der Waals surface area contributed by atoms with Crippen molar-refractivity contribution >= 4 is 29.7 Å². The highest BCUT2D eigenvalue weighted by Crippen LogP contribution is 2.29. The van der Waals surface area contributed by atoms with Gasteiger partial charge in [0, 0.05) is 22.6 Å². The molecule has 0 spiro atoms. The number of amides is 1. The van der Waals surface area contributed by atoms with E-state index in [1.165, 1.54) is 9.75 Å². The topological polar surface area (TPSA) is 50.4 Å². The number of benzene rings is 1. The van der Waals surface area contributed by atoms with E-state index in [4.69, 9.17) is 4.74 Å². The third kappa shape index (κ3) is 4.75. The Hall–Kier alpha value is -1.56. The summed E-state index contributed by atoms with van der Waals surface area (Å²) in [6.07, 6.45) is 1.34. The first-order valence-corrected chi connectivity index (χ1v) is 9.23. The second kappa shape index (κ2) is 8.70. The van der Waals surface area contributed by atoms with Crippen LogP contribution in [0.25, 0.3) is 0 Å². The van der Waals surface area contributed by atoms with E-state index in [1.807, 2.05) is 37.3 Å². The van der Waals surface area contributed by atoms with Gasteiger partial charge in [-0.3, -0.25) is 4.79 Å². The number of piperidine rings is 1. The Morgan fingerprint density at radius 2 is 1.88 bits per heavy atom. The molecule has 6 heteroatoms. The fourth-order valence-corrected chi connectivity index (χ4v) is 3.89. The molecule has 2 heterocycles. The molecule has 1 unspecified atom stereocenters. The van der Waals surface area contributed by atoms with Gasteiger partial charge in [0.1, 0.15) is 5.75 Å². The van der Waals surface area contributed by atoms with Crippen LogP contribution < -0.4 is 15.4 Å². The Kier molecular flexibility index (Phi) is 6.87. The molecular weight excluding hydrogens is 356 g/mol. The maximum atomic E-state index is 13.1. The number of hydrogen-bond donors (Lipinski definition) is 2. The van der Waals surface area contributed by atoms with Gasteiger partial charge in [-0.1, -0.05) is 18.2 Å². The van der Waals surface area contributed by atoms with Crippen LogP contribution in [0.5, 0.6) is 5.75 Å². The van der Waals surface area contributed by atoms with Crippen LogP contribution in [0, 0.1) is 6.92 Å². The van der Waals surface area contributed by atoms with Gasteiger partial charge in [0.05, 0.1) is 6.04 Å². The predicted molar refractivity (Wildman–Crippen MR) is 105 cm³/mol. The molecule has 2 aromatic rings. The van der Waals surface area contributed by atoms with Gasteiger partial charge in [-0.05, 0) is 51.2 Å². The average Bonchev–Trinajstić information content (AvgIpc) is 3.03. The van der Waals surface area contributed by atoms with Crippen molar-refractivity contribution in [3.05, 3.63) is 52.2 Å². The van der Waals surface area contributed by atoms with Gasteiger partial charge in [0.15, 0.2) is 5.60 Å². The summed E-state index contributed by atoms with van der Waals surface area (Å²) in [5.74, 6) is 0.723. The standard InChI is InChI=1S/C19H24N2O2S.ClH/c1-14-8-9-17(24-14)15(2)21-18(22)19(10-12-20-13-11-19)23-16-6-4-3-5-7-16;/h3-9,15,20H,10-13H2,1-2H3,(H,21,22);1H. The van der Waals surface area contributed by atoms with Crippen molar-refractivity contribution in [3.8, 4) is 5.75 Å². The summed E-state index contributed by atoms with van der Waals surface area (Å²) in [6, 6.07) is 13.8. The van der Waals surface area contributed by atoms with E-state index < -0.39 is 5.60 Å². The molecule has 4 nitrogen and oxygen atoms in total. The maximum Gasteiger partial charge on any atom is 0.264 e. The highest BCUT2D eigenvalue weighted by Gasteiger charge is 2.42. The molecule has 1 saturated heterocycles. The van der Waals surface area contributed by atoms with E-state index in [0.29, 0.717) is 12.8 Å². The number of halogens is 1. The largest absolute Gasteiger partial charge is 0.477 e. The molecule has 1 amide bonds. The number of thiophene rings is 1. The minimum absolute atomic E-state index is 0. The molecule has 1 fully saturated rings. The van der Waals surface area contributed by atoms with Crippen LogP contribution >= 0.6 is 23.7 Å². The van der Waals surface area contributed by atoms with E-state index in [2.05, 4.69) is 29.7 Å². The minimum atomic E-state index is -0.798.